The molecule has 19 heavy (non-hydrogen) atoms. The fourth-order valence-corrected chi connectivity index (χ4v) is 3.21. The summed E-state index contributed by atoms with van der Waals surface area (Å²) in [5.74, 6) is -0.105. The summed E-state index contributed by atoms with van der Waals surface area (Å²) >= 11 is 0. The summed E-state index contributed by atoms with van der Waals surface area (Å²) < 4.78 is 0. The Hall–Kier alpha value is -1.89. The lowest BCUT2D eigenvalue weighted by atomic mass is 9.61. The predicted molar refractivity (Wildman–Crippen MR) is 71.9 cm³/mol. The van der Waals surface area contributed by atoms with Crippen LogP contribution in [-0.4, -0.2) is 29.7 Å². The highest BCUT2D eigenvalue weighted by molar-refractivity contribution is 6.04. The summed E-state index contributed by atoms with van der Waals surface area (Å²) in [7, 11) is 0. The van der Waals surface area contributed by atoms with E-state index >= 15 is 0 Å². The maximum Gasteiger partial charge on any atom is 0.227 e. The molecule has 1 atom stereocenters. The summed E-state index contributed by atoms with van der Waals surface area (Å²) in [6.45, 7) is 15.5. The van der Waals surface area contributed by atoms with Crippen molar-refractivity contribution in [1.29, 1.82) is 0 Å². The van der Waals surface area contributed by atoms with E-state index < -0.39 is 10.8 Å². The Bertz CT molecular complexity index is 563. The number of hydrogen-bond donors (Lipinski definition) is 0. The van der Waals surface area contributed by atoms with Crippen LogP contribution in [0.25, 0.3) is 4.85 Å². The van der Waals surface area contributed by atoms with E-state index in [1.807, 2.05) is 26.8 Å². The van der Waals surface area contributed by atoms with Gasteiger partial charge in [-0.3, -0.25) is 4.79 Å². The third kappa shape index (κ3) is 1.90. The molecule has 0 aromatic rings. The van der Waals surface area contributed by atoms with Gasteiger partial charge in [0.1, 0.15) is 0 Å². The van der Waals surface area contributed by atoms with Crippen molar-refractivity contribution in [1.82, 2.24) is 4.90 Å². The highest BCUT2D eigenvalue weighted by atomic mass is 16.2. The number of amides is 1. The molecule has 0 fully saturated rings. The van der Waals surface area contributed by atoms with Gasteiger partial charge in [0.25, 0.3) is 0 Å². The average molecular weight is 258 g/mol. The third-order valence-electron chi connectivity index (χ3n) is 4.15. The van der Waals surface area contributed by atoms with Crippen LogP contribution >= 0.6 is 0 Å². The molecule has 4 heteroatoms. The average Bonchev–Trinajstić information content (AvgIpc) is 2.33. The molecule has 2 rings (SSSR count). The van der Waals surface area contributed by atoms with Crippen molar-refractivity contribution < 1.29 is 9.59 Å². The lowest BCUT2D eigenvalue weighted by molar-refractivity contribution is -0.130. The summed E-state index contributed by atoms with van der Waals surface area (Å²) in [6.07, 6.45) is 3.70. The van der Waals surface area contributed by atoms with E-state index in [0.29, 0.717) is 13.1 Å². The largest absolute Gasteiger partial charge is 0.338 e. The van der Waals surface area contributed by atoms with Crippen LogP contribution in [0.4, 0.5) is 0 Å². The van der Waals surface area contributed by atoms with Crippen molar-refractivity contribution in [3.05, 3.63) is 34.8 Å². The summed E-state index contributed by atoms with van der Waals surface area (Å²) in [4.78, 5) is 28.9. The van der Waals surface area contributed by atoms with Crippen LogP contribution in [0.1, 0.15) is 27.7 Å². The Morgan fingerprint density at radius 3 is 2.58 bits per heavy atom. The first-order valence-corrected chi connectivity index (χ1v) is 6.34. The summed E-state index contributed by atoms with van der Waals surface area (Å²) in [6, 6.07) is 0. The number of rotatable bonds is 0. The van der Waals surface area contributed by atoms with Gasteiger partial charge >= 0.3 is 0 Å². The standard InChI is InChI=1S/C15H18N2O2/c1-10(18)17-7-6-12-14(2,3)13(19)11(16-5)8-15(12,4)9-17/h6,8H,7,9H2,1-4H3/t15-/m1/s1. The number of carbonyl (C=O) groups is 2. The van der Waals surface area contributed by atoms with Crippen molar-refractivity contribution in [3.63, 3.8) is 0 Å². The van der Waals surface area contributed by atoms with E-state index in [1.54, 1.807) is 17.9 Å². The fraction of sp³-hybridized carbons (Fsp3) is 0.533. The molecule has 0 radical (unpaired) electrons. The maximum atomic E-state index is 12.3. The van der Waals surface area contributed by atoms with E-state index in [1.165, 1.54) is 0 Å². The Balaban J connectivity index is 2.58. The molecule has 1 heterocycles. The van der Waals surface area contributed by atoms with Crippen LogP contribution in [0.15, 0.2) is 23.4 Å². The maximum absolute atomic E-state index is 12.3. The first kappa shape index (κ1) is 13.5. The van der Waals surface area contributed by atoms with Crippen LogP contribution in [0.2, 0.25) is 0 Å². The van der Waals surface area contributed by atoms with Gasteiger partial charge in [-0.25, -0.2) is 4.85 Å². The predicted octanol–water partition coefficient (Wildman–Crippen LogP) is 2.19. The van der Waals surface area contributed by atoms with Crippen LogP contribution in [-0.2, 0) is 9.59 Å². The highest BCUT2D eigenvalue weighted by Crippen LogP contribution is 2.49. The van der Waals surface area contributed by atoms with E-state index in [-0.39, 0.29) is 17.4 Å². The number of nitrogens with zero attached hydrogens (tertiary/aromatic N) is 2. The molecule has 0 spiro atoms. The van der Waals surface area contributed by atoms with Gasteiger partial charge in [-0.15, -0.1) is 0 Å². The minimum atomic E-state index is -0.660. The number of Topliss-reactive ketones (excluding diaryl/α,β-unsaturated/α-hetero) is 1. The van der Waals surface area contributed by atoms with E-state index in [9.17, 15) is 9.59 Å². The Kier molecular flexibility index (Phi) is 2.89. The number of carbonyl (C=O) groups excluding carboxylic acids is 2. The molecule has 1 aliphatic carbocycles. The van der Waals surface area contributed by atoms with Gasteiger partial charge < -0.3 is 9.69 Å². The first-order chi connectivity index (χ1) is 8.72. The normalized spacial score (nSPS) is 29.0. The van der Waals surface area contributed by atoms with Gasteiger partial charge in [0.15, 0.2) is 5.78 Å². The quantitative estimate of drug-likeness (QED) is 0.493. The second-order valence-corrected chi connectivity index (χ2v) is 6.03. The van der Waals surface area contributed by atoms with Crippen LogP contribution in [0, 0.1) is 17.4 Å². The van der Waals surface area contributed by atoms with Crippen molar-refractivity contribution >= 4 is 11.7 Å². The Labute approximate surface area is 113 Å². The molecule has 1 amide bonds. The molecule has 0 aromatic carbocycles. The second kappa shape index (κ2) is 4.06. The monoisotopic (exact) mass is 258 g/mol. The van der Waals surface area contributed by atoms with Gasteiger partial charge in [0.2, 0.25) is 11.6 Å². The molecule has 4 nitrogen and oxygen atoms in total. The molecular weight excluding hydrogens is 240 g/mol. The molecular formula is C15H18N2O2. The zero-order chi connectivity index (χ0) is 14.4. The smallest absolute Gasteiger partial charge is 0.227 e. The van der Waals surface area contributed by atoms with Crippen molar-refractivity contribution in [2.45, 2.75) is 27.7 Å². The molecule has 0 saturated heterocycles. The topological polar surface area (TPSA) is 41.7 Å². The van der Waals surface area contributed by atoms with Crippen molar-refractivity contribution in [2.24, 2.45) is 10.8 Å². The molecule has 100 valence electrons. The summed E-state index contributed by atoms with van der Waals surface area (Å²) in [5, 5.41) is 0. The molecule has 2 aliphatic rings. The Morgan fingerprint density at radius 1 is 1.42 bits per heavy atom. The number of hydrogen-bond acceptors (Lipinski definition) is 2. The van der Waals surface area contributed by atoms with Gasteiger partial charge in [-0.2, -0.15) is 0 Å². The van der Waals surface area contributed by atoms with Gasteiger partial charge in [0, 0.05) is 30.8 Å². The lowest BCUT2D eigenvalue weighted by Gasteiger charge is -2.47. The third-order valence-corrected chi connectivity index (χ3v) is 4.15. The number of fused-ring (bicyclic) bond motifs is 1. The van der Waals surface area contributed by atoms with Crippen LogP contribution in [0.3, 0.4) is 0 Å². The van der Waals surface area contributed by atoms with Gasteiger partial charge in [-0.1, -0.05) is 38.5 Å². The zero-order valence-electron chi connectivity index (χ0n) is 11.8. The number of ketones is 1. The SMILES string of the molecule is [C-]#[N+]C1=C[C@]2(C)CN(C(C)=O)CC=C2C(C)(C)C1=O. The lowest BCUT2D eigenvalue weighted by Crippen LogP contribution is -2.50. The molecule has 0 unspecified atom stereocenters. The Morgan fingerprint density at radius 2 is 2.05 bits per heavy atom. The number of allylic oxidation sites excluding steroid dienone is 1. The minimum absolute atomic E-state index is 0.0176. The van der Waals surface area contributed by atoms with E-state index in [4.69, 9.17) is 6.57 Å². The first-order valence-electron chi connectivity index (χ1n) is 6.34. The molecule has 0 bridgehead atoms. The van der Waals surface area contributed by atoms with Crippen molar-refractivity contribution in [2.75, 3.05) is 13.1 Å². The van der Waals surface area contributed by atoms with Crippen LogP contribution < -0.4 is 0 Å². The molecule has 0 aromatic heterocycles. The molecule has 1 aliphatic heterocycles. The highest BCUT2D eigenvalue weighted by Gasteiger charge is 2.49. The van der Waals surface area contributed by atoms with Gasteiger partial charge in [0.05, 0.1) is 6.57 Å². The molecule has 0 saturated carbocycles. The van der Waals surface area contributed by atoms with Gasteiger partial charge in [-0.05, 0) is 0 Å². The fourth-order valence-electron chi connectivity index (χ4n) is 3.21. The molecule has 0 N–H and O–H groups in total. The van der Waals surface area contributed by atoms with E-state index in [0.717, 1.165) is 5.57 Å². The zero-order valence-corrected chi connectivity index (χ0v) is 11.8. The minimum Gasteiger partial charge on any atom is -0.338 e. The summed E-state index contributed by atoms with van der Waals surface area (Å²) in [5.41, 5.74) is 0.137. The second-order valence-electron chi connectivity index (χ2n) is 6.03. The van der Waals surface area contributed by atoms with E-state index in [2.05, 4.69) is 4.85 Å². The van der Waals surface area contributed by atoms with Crippen molar-refractivity contribution in [3.8, 4) is 0 Å². The van der Waals surface area contributed by atoms with Crippen LogP contribution in [0.5, 0.6) is 0 Å².